The molecule has 0 fully saturated rings. The highest BCUT2D eigenvalue weighted by atomic mass is 79.9. The van der Waals surface area contributed by atoms with Gasteiger partial charge >= 0.3 is 0 Å². The maximum Gasteiger partial charge on any atom is 0.0375 e. The summed E-state index contributed by atoms with van der Waals surface area (Å²) in [5.74, 6) is 0.745. The van der Waals surface area contributed by atoms with E-state index in [0.29, 0.717) is 6.54 Å². The Labute approximate surface area is 107 Å². The fraction of sp³-hybridized carbons (Fsp3) is 0.538. The molecule has 0 atom stereocenters. The summed E-state index contributed by atoms with van der Waals surface area (Å²) in [6.07, 6.45) is 1.22. The van der Waals surface area contributed by atoms with Crippen LogP contribution in [0.15, 0.2) is 22.7 Å². The largest absolute Gasteiger partial charge is 0.375 e. The Kier molecular flexibility index (Phi) is 5.29. The second-order valence-corrected chi connectivity index (χ2v) is 5.44. The molecule has 3 heteroatoms. The monoisotopic (exact) mass is 284 g/mol. The Hall–Kier alpha value is -0.540. The van der Waals surface area contributed by atoms with Gasteiger partial charge in [-0.05, 0) is 30.0 Å². The lowest BCUT2D eigenvalue weighted by atomic mass is 10.1. The fourth-order valence-corrected chi connectivity index (χ4v) is 2.05. The first kappa shape index (κ1) is 13.5. The Morgan fingerprint density at radius 3 is 2.56 bits per heavy atom. The molecule has 2 N–H and O–H groups in total. The van der Waals surface area contributed by atoms with Crippen molar-refractivity contribution < 1.29 is 0 Å². The molecule has 0 bridgehead atoms. The number of halogens is 1. The van der Waals surface area contributed by atoms with Crippen LogP contribution in [-0.2, 0) is 6.54 Å². The van der Waals surface area contributed by atoms with Crippen LogP contribution in [0.5, 0.6) is 0 Å². The van der Waals surface area contributed by atoms with Gasteiger partial charge in [-0.2, -0.15) is 0 Å². The third-order valence-electron chi connectivity index (χ3n) is 2.74. The van der Waals surface area contributed by atoms with Crippen molar-refractivity contribution in [3.8, 4) is 0 Å². The van der Waals surface area contributed by atoms with Crippen molar-refractivity contribution in [1.29, 1.82) is 0 Å². The second-order valence-electron chi connectivity index (χ2n) is 4.58. The number of rotatable bonds is 5. The molecule has 0 aromatic heterocycles. The Balaban J connectivity index is 2.69. The number of nitrogens with zero attached hydrogens (tertiary/aromatic N) is 1. The highest BCUT2D eigenvalue weighted by molar-refractivity contribution is 9.10. The summed E-state index contributed by atoms with van der Waals surface area (Å²) in [7, 11) is 2.13. The molecule has 0 spiro atoms. The zero-order valence-corrected chi connectivity index (χ0v) is 11.9. The fourth-order valence-electron chi connectivity index (χ4n) is 1.52. The maximum atomic E-state index is 5.63. The second kappa shape index (κ2) is 6.26. The van der Waals surface area contributed by atoms with Gasteiger partial charge in [0.2, 0.25) is 0 Å². The predicted molar refractivity (Wildman–Crippen MR) is 74.8 cm³/mol. The molecule has 1 aromatic rings. The smallest absolute Gasteiger partial charge is 0.0375 e. The Morgan fingerprint density at radius 2 is 2.06 bits per heavy atom. The minimum atomic E-state index is 0.580. The molecular weight excluding hydrogens is 264 g/mol. The van der Waals surface area contributed by atoms with E-state index in [1.54, 1.807) is 0 Å². The van der Waals surface area contributed by atoms with Crippen LogP contribution in [0.2, 0.25) is 0 Å². The molecule has 0 aliphatic rings. The van der Waals surface area contributed by atoms with Gasteiger partial charge in [0.25, 0.3) is 0 Å². The lowest BCUT2D eigenvalue weighted by molar-refractivity contribution is 0.585. The number of hydrogen-bond donors (Lipinski definition) is 1. The molecule has 2 nitrogen and oxygen atoms in total. The van der Waals surface area contributed by atoms with Gasteiger partial charge in [0.05, 0.1) is 0 Å². The first-order valence-electron chi connectivity index (χ1n) is 5.74. The Morgan fingerprint density at radius 1 is 1.38 bits per heavy atom. The molecule has 0 radical (unpaired) electrons. The van der Waals surface area contributed by atoms with Crippen LogP contribution >= 0.6 is 15.9 Å². The van der Waals surface area contributed by atoms with Gasteiger partial charge in [-0.15, -0.1) is 0 Å². The van der Waals surface area contributed by atoms with Crippen molar-refractivity contribution >= 4 is 21.6 Å². The maximum absolute atomic E-state index is 5.63. The standard InChI is InChI=1S/C13H21BrN2/c1-10(2)6-7-16(3)12-5-4-11(9-15)13(14)8-12/h4-5,8,10H,6-7,9,15H2,1-3H3. The highest BCUT2D eigenvalue weighted by Gasteiger charge is 2.05. The molecule has 1 aromatic carbocycles. The van der Waals surface area contributed by atoms with Gasteiger partial charge in [-0.1, -0.05) is 35.8 Å². The number of nitrogens with two attached hydrogens (primary N) is 1. The molecular formula is C13H21BrN2. The summed E-state index contributed by atoms with van der Waals surface area (Å²) in [6.45, 7) is 6.17. The summed E-state index contributed by atoms with van der Waals surface area (Å²) >= 11 is 3.55. The van der Waals surface area contributed by atoms with Crippen molar-refractivity contribution in [3.05, 3.63) is 28.2 Å². The van der Waals surface area contributed by atoms with Gasteiger partial charge in [-0.25, -0.2) is 0 Å². The average molecular weight is 285 g/mol. The molecule has 0 amide bonds. The van der Waals surface area contributed by atoms with Gasteiger partial charge < -0.3 is 10.6 Å². The zero-order chi connectivity index (χ0) is 12.1. The third-order valence-corrected chi connectivity index (χ3v) is 3.48. The van der Waals surface area contributed by atoms with E-state index in [2.05, 4.69) is 59.9 Å². The van der Waals surface area contributed by atoms with Crippen LogP contribution < -0.4 is 10.6 Å². The predicted octanol–water partition coefficient (Wildman–Crippen LogP) is 3.39. The average Bonchev–Trinajstić information content (AvgIpc) is 2.25. The molecule has 16 heavy (non-hydrogen) atoms. The molecule has 0 unspecified atom stereocenters. The van der Waals surface area contributed by atoms with E-state index in [-0.39, 0.29) is 0 Å². The molecule has 0 aliphatic heterocycles. The van der Waals surface area contributed by atoms with Gasteiger partial charge in [0.15, 0.2) is 0 Å². The summed E-state index contributed by atoms with van der Waals surface area (Å²) in [4.78, 5) is 2.28. The van der Waals surface area contributed by atoms with E-state index in [4.69, 9.17) is 5.73 Å². The van der Waals surface area contributed by atoms with Crippen molar-refractivity contribution in [2.24, 2.45) is 11.7 Å². The molecule has 0 saturated heterocycles. The van der Waals surface area contributed by atoms with E-state index in [9.17, 15) is 0 Å². The number of hydrogen-bond acceptors (Lipinski definition) is 2. The molecule has 0 heterocycles. The normalized spacial score (nSPS) is 10.9. The summed E-state index contributed by atoms with van der Waals surface area (Å²) in [5, 5.41) is 0. The topological polar surface area (TPSA) is 29.3 Å². The van der Waals surface area contributed by atoms with Crippen molar-refractivity contribution in [1.82, 2.24) is 0 Å². The summed E-state index contributed by atoms with van der Waals surface area (Å²) in [5.41, 5.74) is 8.03. The van der Waals surface area contributed by atoms with E-state index in [1.807, 2.05) is 0 Å². The zero-order valence-electron chi connectivity index (χ0n) is 10.3. The van der Waals surface area contributed by atoms with E-state index in [0.717, 1.165) is 22.5 Å². The number of anilines is 1. The summed E-state index contributed by atoms with van der Waals surface area (Å²) < 4.78 is 1.10. The SMILES string of the molecule is CC(C)CCN(C)c1ccc(CN)c(Br)c1. The van der Waals surface area contributed by atoms with Gasteiger partial charge in [-0.3, -0.25) is 0 Å². The van der Waals surface area contributed by atoms with E-state index < -0.39 is 0 Å². The molecule has 0 aliphatic carbocycles. The molecule has 1 rings (SSSR count). The van der Waals surface area contributed by atoms with Crippen LogP contribution in [0, 0.1) is 5.92 Å². The first-order chi connectivity index (χ1) is 7.54. The van der Waals surface area contributed by atoms with Crippen molar-refractivity contribution in [2.75, 3.05) is 18.5 Å². The quantitative estimate of drug-likeness (QED) is 0.898. The molecule has 90 valence electrons. The number of benzene rings is 1. The lowest BCUT2D eigenvalue weighted by Gasteiger charge is -2.21. The third kappa shape index (κ3) is 3.80. The van der Waals surface area contributed by atoms with E-state index >= 15 is 0 Å². The first-order valence-corrected chi connectivity index (χ1v) is 6.53. The van der Waals surface area contributed by atoms with Crippen LogP contribution in [0.3, 0.4) is 0 Å². The Bertz CT molecular complexity index is 337. The van der Waals surface area contributed by atoms with Crippen molar-refractivity contribution in [3.63, 3.8) is 0 Å². The minimum absolute atomic E-state index is 0.580. The van der Waals surface area contributed by atoms with Crippen LogP contribution in [0.25, 0.3) is 0 Å². The van der Waals surface area contributed by atoms with Crippen LogP contribution in [0.1, 0.15) is 25.8 Å². The van der Waals surface area contributed by atoms with Crippen molar-refractivity contribution in [2.45, 2.75) is 26.8 Å². The summed E-state index contributed by atoms with van der Waals surface area (Å²) in [6, 6.07) is 6.36. The molecule has 0 saturated carbocycles. The van der Waals surface area contributed by atoms with Gasteiger partial charge in [0.1, 0.15) is 0 Å². The lowest BCUT2D eigenvalue weighted by Crippen LogP contribution is -2.19. The highest BCUT2D eigenvalue weighted by Crippen LogP contribution is 2.23. The van der Waals surface area contributed by atoms with E-state index in [1.165, 1.54) is 12.1 Å². The van der Waals surface area contributed by atoms with Crippen LogP contribution in [-0.4, -0.2) is 13.6 Å². The van der Waals surface area contributed by atoms with Crippen LogP contribution in [0.4, 0.5) is 5.69 Å². The minimum Gasteiger partial charge on any atom is -0.375 e. The van der Waals surface area contributed by atoms with Gasteiger partial charge in [0, 0.05) is 30.3 Å².